The maximum atomic E-state index is 13.7. The molecule has 2 rings (SSSR count). The van der Waals surface area contributed by atoms with E-state index in [2.05, 4.69) is 0 Å². The van der Waals surface area contributed by atoms with Crippen LogP contribution in [0.5, 0.6) is 0 Å². The zero-order valence-electron chi connectivity index (χ0n) is 13.3. The Labute approximate surface area is 135 Å². The Morgan fingerprint density at radius 1 is 1.00 bits per heavy atom. The first kappa shape index (κ1) is 17.4. The van der Waals surface area contributed by atoms with Crippen molar-refractivity contribution in [3.05, 3.63) is 59.7 Å². The summed E-state index contributed by atoms with van der Waals surface area (Å²) in [6, 6.07) is 8.76. The van der Waals surface area contributed by atoms with E-state index in [1.807, 2.05) is 13.8 Å². The molecule has 124 valence electrons. The maximum absolute atomic E-state index is 13.7. The summed E-state index contributed by atoms with van der Waals surface area (Å²) in [5.41, 5.74) is 0.892. The van der Waals surface area contributed by atoms with E-state index in [-0.39, 0.29) is 23.0 Å². The van der Waals surface area contributed by atoms with Crippen LogP contribution in [0.2, 0.25) is 0 Å². The van der Waals surface area contributed by atoms with Crippen LogP contribution in [-0.4, -0.2) is 15.0 Å². The first-order valence-electron chi connectivity index (χ1n) is 7.25. The molecule has 0 amide bonds. The minimum atomic E-state index is -3.90. The van der Waals surface area contributed by atoms with E-state index < -0.39 is 21.7 Å². The molecule has 0 radical (unpaired) electrons. The molecule has 0 atom stereocenters. The molecule has 2 aromatic carbocycles. The molecule has 0 aliphatic heterocycles. The number of nitrogens with zero attached hydrogens (tertiary/aromatic N) is 1. The summed E-state index contributed by atoms with van der Waals surface area (Å²) in [6.45, 7) is 5.64. The summed E-state index contributed by atoms with van der Waals surface area (Å²) < 4.78 is 53.7. The highest BCUT2D eigenvalue weighted by atomic mass is 32.2. The molecule has 0 N–H and O–H groups in total. The number of hydrogen-bond donors (Lipinski definition) is 0. The predicted molar refractivity (Wildman–Crippen MR) is 86.9 cm³/mol. The Morgan fingerprint density at radius 3 is 2.13 bits per heavy atom. The zero-order chi connectivity index (χ0) is 17.2. The standard InChI is InChI=1S/C17H19F2NO2S/c1-12(2)11-20(16-9-13(3)8-15(19)10-16)23(21,22)17-6-4-14(18)5-7-17/h4-10,12H,11H2,1-3H3. The fourth-order valence-corrected chi connectivity index (χ4v) is 3.88. The second-order valence-electron chi connectivity index (χ2n) is 5.87. The highest BCUT2D eigenvalue weighted by Gasteiger charge is 2.26. The number of halogens is 2. The van der Waals surface area contributed by atoms with E-state index >= 15 is 0 Å². The van der Waals surface area contributed by atoms with Crippen molar-refractivity contribution in [3.63, 3.8) is 0 Å². The molecule has 0 aliphatic carbocycles. The van der Waals surface area contributed by atoms with Crippen molar-refractivity contribution in [2.24, 2.45) is 5.92 Å². The molecule has 0 spiro atoms. The maximum Gasteiger partial charge on any atom is 0.264 e. The predicted octanol–water partition coefficient (Wildman–Crippen LogP) is 4.12. The van der Waals surface area contributed by atoms with Gasteiger partial charge in [-0.05, 0) is 60.9 Å². The van der Waals surface area contributed by atoms with Crippen LogP contribution in [-0.2, 0) is 10.0 Å². The number of sulfonamides is 1. The second-order valence-corrected chi connectivity index (χ2v) is 7.73. The third-order valence-electron chi connectivity index (χ3n) is 3.25. The van der Waals surface area contributed by atoms with Crippen LogP contribution >= 0.6 is 0 Å². The second kappa shape index (κ2) is 6.66. The lowest BCUT2D eigenvalue weighted by atomic mass is 10.2. The van der Waals surface area contributed by atoms with Gasteiger partial charge in [-0.2, -0.15) is 0 Å². The normalized spacial score (nSPS) is 11.7. The fraction of sp³-hybridized carbons (Fsp3) is 0.294. The first-order valence-corrected chi connectivity index (χ1v) is 8.69. The molecular formula is C17H19F2NO2S. The highest BCUT2D eigenvalue weighted by Crippen LogP contribution is 2.26. The van der Waals surface area contributed by atoms with Crippen LogP contribution in [0.25, 0.3) is 0 Å². The van der Waals surface area contributed by atoms with Gasteiger partial charge in [0.25, 0.3) is 10.0 Å². The lowest BCUT2D eigenvalue weighted by Crippen LogP contribution is -2.34. The quantitative estimate of drug-likeness (QED) is 0.821. The van der Waals surface area contributed by atoms with Gasteiger partial charge in [-0.25, -0.2) is 17.2 Å². The number of hydrogen-bond acceptors (Lipinski definition) is 2. The van der Waals surface area contributed by atoms with Gasteiger partial charge in [0.15, 0.2) is 0 Å². The lowest BCUT2D eigenvalue weighted by molar-refractivity contribution is 0.576. The van der Waals surface area contributed by atoms with Crippen molar-refractivity contribution >= 4 is 15.7 Å². The summed E-state index contributed by atoms with van der Waals surface area (Å²) >= 11 is 0. The highest BCUT2D eigenvalue weighted by molar-refractivity contribution is 7.92. The molecule has 0 heterocycles. The largest absolute Gasteiger partial charge is 0.266 e. The van der Waals surface area contributed by atoms with Crippen molar-refractivity contribution in [1.82, 2.24) is 0 Å². The van der Waals surface area contributed by atoms with Gasteiger partial charge < -0.3 is 0 Å². The molecule has 2 aromatic rings. The van der Waals surface area contributed by atoms with E-state index in [1.165, 1.54) is 28.6 Å². The minimum Gasteiger partial charge on any atom is -0.266 e. The van der Waals surface area contributed by atoms with Gasteiger partial charge >= 0.3 is 0 Å². The van der Waals surface area contributed by atoms with Gasteiger partial charge in [-0.15, -0.1) is 0 Å². The van der Waals surface area contributed by atoms with Crippen molar-refractivity contribution in [1.29, 1.82) is 0 Å². The molecule has 0 bridgehead atoms. The molecule has 0 aromatic heterocycles. The Morgan fingerprint density at radius 2 is 1.61 bits per heavy atom. The SMILES string of the molecule is Cc1cc(F)cc(N(CC(C)C)S(=O)(=O)c2ccc(F)cc2)c1. The van der Waals surface area contributed by atoms with E-state index in [9.17, 15) is 17.2 Å². The monoisotopic (exact) mass is 339 g/mol. The third-order valence-corrected chi connectivity index (χ3v) is 5.06. The van der Waals surface area contributed by atoms with E-state index in [0.29, 0.717) is 5.56 Å². The Bertz CT molecular complexity index is 766. The number of aryl methyl sites for hydroxylation is 1. The molecule has 0 fully saturated rings. The smallest absolute Gasteiger partial charge is 0.264 e. The number of benzene rings is 2. The fourth-order valence-electron chi connectivity index (χ4n) is 2.27. The molecule has 0 saturated carbocycles. The molecular weight excluding hydrogens is 320 g/mol. The van der Waals surface area contributed by atoms with Gasteiger partial charge in [0.2, 0.25) is 0 Å². The van der Waals surface area contributed by atoms with Crippen molar-refractivity contribution in [2.75, 3.05) is 10.8 Å². The summed E-state index contributed by atoms with van der Waals surface area (Å²) in [7, 11) is -3.90. The number of anilines is 1. The summed E-state index contributed by atoms with van der Waals surface area (Å²) in [4.78, 5) is -0.0264. The van der Waals surface area contributed by atoms with Gasteiger partial charge in [0, 0.05) is 6.54 Å². The van der Waals surface area contributed by atoms with Crippen LogP contribution in [0.3, 0.4) is 0 Å². The Kier molecular flexibility index (Phi) is 5.04. The van der Waals surface area contributed by atoms with Crippen LogP contribution < -0.4 is 4.31 Å². The summed E-state index contributed by atoms with van der Waals surface area (Å²) in [5.74, 6) is -0.974. The average Bonchev–Trinajstić information content (AvgIpc) is 2.43. The lowest BCUT2D eigenvalue weighted by Gasteiger charge is -2.26. The molecule has 23 heavy (non-hydrogen) atoms. The number of rotatable bonds is 5. The van der Waals surface area contributed by atoms with Crippen LogP contribution in [0.1, 0.15) is 19.4 Å². The first-order chi connectivity index (χ1) is 10.7. The van der Waals surface area contributed by atoms with Crippen LogP contribution in [0.4, 0.5) is 14.5 Å². The van der Waals surface area contributed by atoms with E-state index in [4.69, 9.17) is 0 Å². The van der Waals surface area contributed by atoms with Crippen molar-refractivity contribution < 1.29 is 17.2 Å². The van der Waals surface area contributed by atoms with Gasteiger partial charge in [-0.1, -0.05) is 13.8 Å². The van der Waals surface area contributed by atoms with Gasteiger partial charge in [0.1, 0.15) is 11.6 Å². The molecule has 0 saturated heterocycles. The van der Waals surface area contributed by atoms with Crippen LogP contribution in [0.15, 0.2) is 47.4 Å². The van der Waals surface area contributed by atoms with Crippen molar-refractivity contribution in [2.45, 2.75) is 25.7 Å². The third kappa shape index (κ3) is 4.07. The summed E-state index contributed by atoms with van der Waals surface area (Å²) in [5, 5.41) is 0. The molecule has 6 heteroatoms. The topological polar surface area (TPSA) is 37.4 Å². The minimum absolute atomic E-state index is 0.0264. The molecule has 0 unspecified atom stereocenters. The van der Waals surface area contributed by atoms with E-state index in [1.54, 1.807) is 13.0 Å². The van der Waals surface area contributed by atoms with E-state index in [0.717, 1.165) is 12.1 Å². The zero-order valence-corrected chi connectivity index (χ0v) is 14.1. The Hall–Kier alpha value is -1.95. The van der Waals surface area contributed by atoms with Crippen LogP contribution in [0, 0.1) is 24.5 Å². The molecule has 3 nitrogen and oxygen atoms in total. The Balaban J connectivity index is 2.55. The van der Waals surface area contributed by atoms with Gasteiger partial charge in [-0.3, -0.25) is 4.31 Å². The molecule has 0 aliphatic rings. The van der Waals surface area contributed by atoms with Gasteiger partial charge in [0.05, 0.1) is 10.6 Å². The summed E-state index contributed by atoms with van der Waals surface area (Å²) in [6.07, 6.45) is 0. The average molecular weight is 339 g/mol. The van der Waals surface area contributed by atoms with Crippen molar-refractivity contribution in [3.8, 4) is 0 Å².